The maximum absolute atomic E-state index is 12.2. The van der Waals surface area contributed by atoms with E-state index >= 15 is 0 Å². The zero-order chi connectivity index (χ0) is 12.0. The summed E-state index contributed by atoms with van der Waals surface area (Å²) in [5.41, 5.74) is 0. The molecule has 1 rings (SSSR count). The van der Waals surface area contributed by atoms with Crippen molar-refractivity contribution in [2.75, 3.05) is 25.1 Å². The number of nitrogens with zero attached hydrogens (tertiary/aromatic N) is 1. The van der Waals surface area contributed by atoms with Gasteiger partial charge >= 0.3 is 7.60 Å². The molecule has 94 valence electrons. The molecular weight excluding hydrogens is 245 g/mol. The Bertz CT molecular complexity index is 286. The van der Waals surface area contributed by atoms with E-state index in [-0.39, 0.29) is 0 Å². The first-order chi connectivity index (χ1) is 7.63. The first-order valence-corrected chi connectivity index (χ1v) is 8.42. The average Bonchev–Trinajstić information content (AvgIpc) is 2.65. The fourth-order valence-corrected chi connectivity index (χ4v) is 4.67. The zero-order valence-corrected chi connectivity index (χ0v) is 11.9. The third-order valence-electron chi connectivity index (χ3n) is 2.22. The molecule has 0 saturated carbocycles. The third-order valence-corrected chi connectivity index (χ3v) is 5.56. The molecule has 0 spiro atoms. The van der Waals surface area contributed by atoms with Gasteiger partial charge in [-0.25, -0.2) is 0 Å². The molecule has 1 atom stereocenters. The van der Waals surface area contributed by atoms with Crippen LogP contribution in [0.15, 0.2) is 4.99 Å². The Morgan fingerprint density at radius 2 is 2.00 bits per heavy atom. The van der Waals surface area contributed by atoms with Gasteiger partial charge in [0.1, 0.15) is 0 Å². The maximum atomic E-state index is 12.2. The van der Waals surface area contributed by atoms with E-state index in [9.17, 15) is 4.57 Å². The highest BCUT2D eigenvalue weighted by molar-refractivity contribution is 8.14. The molecular formula is C10H20NO3PS. The number of rotatable bonds is 7. The Kier molecular flexibility index (Phi) is 6.05. The van der Waals surface area contributed by atoms with Crippen LogP contribution in [0.5, 0.6) is 0 Å². The van der Waals surface area contributed by atoms with Crippen LogP contribution in [-0.2, 0) is 13.6 Å². The molecule has 0 amide bonds. The molecule has 4 nitrogen and oxygen atoms in total. The Balaban J connectivity index is 2.59. The Morgan fingerprint density at radius 3 is 2.44 bits per heavy atom. The lowest BCUT2D eigenvalue weighted by Crippen LogP contribution is -2.06. The van der Waals surface area contributed by atoms with Gasteiger partial charge < -0.3 is 9.05 Å². The Hall–Kier alpha value is 0.170. The largest absolute Gasteiger partial charge is 0.337 e. The molecule has 6 heteroatoms. The second-order valence-electron chi connectivity index (χ2n) is 3.50. The SMILES string of the molecule is CCOP(=O)(CC1=N[C@@H](CC)CS1)OCC. The van der Waals surface area contributed by atoms with Gasteiger partial charge in [0.05, 0.1) is 30.5 Å². The molecule has 0 aromatic heterocycles. The molecule has 0 unspecified atom stereocenters. The highest BCUT2D eigenvalue weighted by Gasteiger charge is 2.29. The molecule has 0 fully saturated rings. The van der Waals surface area contributed by atoms with Gasteiger partial charge in [-0.3, -0.25) is 9.56 Å². The van der Waals surface area contributed by atoms with E-state index in [0.29, 0.717) is 25.4 Å². The van der Waals surface area contributed by atoms with Gasteiger partial charge in [-0.2, -0.15) is 0 Å². The third kappa shape index (κ3) is 4.21. The smallest absolute Gasteiger partial charge is 0.309 e. The second kappa shape index (κ2) is 6.80. The summed E-state index contributed by atoms with van der Waals surface area (Å²) in [7, 11) is -2.96. The molecule has 0 aliphatic carbocycles. The summed E-state index contributed by atoms with van der Waals surface area (Å²) in [6.45, 7) is 6.58. The van der Waals surface area contributed by atoms with Crippen LogP contribution >= 0.6 is 19.4 Å². The first kappa shape index (κ1) is 14.2. The minimum atomic E-state index is -2.96. The van der Waals surface area contributed by atoms with Crippen LogP contribution in [0, 0.1) is 0 Å². The van der Waals surface area contributed by atoms with Crippen molar-refractivity contribution in [2.24, 2.45) is 4.99 Å². The van der Waals surface area contributed by atoms with Crippen molar-refractivity contribution < 1.29 is 13.6 Å². The van der Waals surface area contributed by atoms with Crippen molar-refractivity contribution in [3.63, 3.8) is 0 Å². The van der Waals surface area contributed by atoms with Crippen LogP contribution < -0.4 is 0 Å². The fourth-order valence-electron chi connectivity index (χ4n) is 1.45. The molecule has 0 saturated heterocycles. The fraction of sp³-hybridized carbons (Fsp3) is 0.900. The van der Waals surface area contributed by atoms with Gasteiger partial charge in [-0.15, -0.1) is 11.8 Å². The molecule has 1 heterocycles. The number of thioether (sulfide) groups is 1. The highest BCUT2D eigenvalue weighted by Crippen LogP contribution is 2.49. The quantitative estimate of drug-likeness (QED) is 0.663. The molecule has 0 radical (unpaired) electrons. The summed E-state index contributed by atoms with van der Waals surface area (Å²) in [4.78, 5) is 4.50. The predicted octanol–water partition coefficient (Wildman–Crippen LogP) is 3.18. The van der Waals surface area contributed by atoms with E-state index in [2.05, 4.69) is 11.9 Å². The molecule has 0 aromatic rings. The van der Waals surface area contributed by atoms with Crippen LogP contribution in [-0.4, -0.2) is 36.2 Å². The van der Waals surface area contributed by atoms with E-state index in [1.54, 1.807) is 11.8 Å². The van der Waals surface area contributed by atoms with E-state index in [1.807, 2.05) is 13.8 Å². The molecule has 0 bridgehead atoms. The van der Waals surface area contributed by atoms with Gasteiger partial charge in [-0.1, -0.05) is 6.92 Å². The average molecular weight is 265 g/mol. The summed E-state index contributed by atoms with van der Waals surface area (Å²) < 4.78 is 22.7. The Labute approximate surface area is 102 Å². The summed E-state index contributed by atoms with van der Waals surface area (Å²) in [5.74, 6) is 0.990. The van der Waals surface area contributed by atoms with Crippen molar-refractivity contribution >= 4 is 24.4 Å². The molecule has 1 aliphatic rings. The van der Waals surface area contributed by atoms with Crippen LogP contribution in [0.2, 0.25) is 0 Å². The summed E-state index contributed by atoms with van der Waals surface area (Å²) >= 11 is 1.67. The number of hydrogen-bond acceptors (Lipinski definition) is 5. The van der Waals surface area contributed by atoms with Crippen LogP contribution in [0.4, 0.5) is 0 Å². The first-order valence-electron chi connectivity index (χ1n) is 5.71. The monoisotopic (exact) mass is 265 g/mol. The normalized spacial score (nSPS) is 21.2. The lowest BCUT2D eigenvalue weighted by Gasteiger charge is -2.16. The lowest BCUT2D eigenvalue weighted by atomic mass is 10.3. The molecule has 1 aliphatic heterocycles. The van der Waals surface area contributed by atoms with Gasteiger partial charge in [-0.05, 0) is 20.3 Å². The van der Waals surface area contributed by atoms with Gasteiger partial charge in [0.15, 0.2) is 0 Å². The predicted molar refractivity (Wildman–Crippen MR) is 69.7 cm³/mol. The van der Waals surface area contributed by atoms with E-state index < -0.39 is 7.60 Å². The maximum Gasteiger partial charge on any atom is 0.337 e. The summed E-state index contributed by atoms with van der Waals surface area (Å²) in [5, 5.41) is 0.914. The van der Waals surface area contributed by atoms with Crippen molar-refractivity contribution in [3.8, 4) is 0 Å². The highest BCUT2D eigenvalue weighted by atomic mass is 32.2. The second-order valence-corrected chi connectivity index (χ2v) is 6.65. The topological polar surface area (TPSA) is 47.9 Å². The van der Waals surface area contributed by atoms with Crippen molar-refractivity contribution in [1.82, 2.24) is 0 Å². The van der Waals surface area contributed by atoms with Crippen LogP contribution in [0.25, 0.3) is 0 Å². The van der Waals surface area contributed by atoms with Gasteiger partial charge in [0.2, 0.25) is 0 Å². The van der Waals surface area contributed by atoms with Gasteiger partial charge in [0, 0.05) is 5.75 Å². The van der Waals surface area contributed by atoms with E-state index in [4.69, 9.17) is 9.05 Å². The summed E-state index contributed by atoms with van der Waals surface area (Å²) in [6, 6.07) is 0.372. The van der Waals surface area contributed by atoms with Crippen LogP contribution in [0.3, 0.4) is 0 Å². The summed E-state index contributed by atoms with van der Waals surface area (Å²) in [6.07, 6.45) is 1.36. The van der Waals surface area contributed by atoms with E-state index in [0.717, 1.165) is 17.2 Å². The standard InChI is InChI=1S/C10H20NO3PS/c1-4-9-8-16-10(11-9)7-15(12,13-5-2)14-6-3/h9H,4-8H2,1-3H3/t9-/m0/s1. The van der Waals surface area contributed by atoms with Crippen molar-refractivity contribution in [1.29, 1.82) is 0 Å². The van der Waals surface area contributed by atoms with E-state index in [1.165, 1.54) is 0 Å². The minimum absolute atomic E-state index is 0.329. The van der Waals surface area contributed by atoms with Crippen molar-refractivity contribution in [2.45, 2.75) is 33.2 Å². The Morgan fingerprint density at radius 1 is 1.38 bits per heavy atom. The molecule has 0 aromatic carbocycles. The van der Waals surface area contributed by atoms with Crippen LogP contribution in [0.1, 0.15) is 27.2 Å². The zero-order valence-electron chi connectivity index (χ0n) is 10.1. The molecule has 0 N–H and O–H groups in total. The number of hydrogen-bond donors (Lipinski definition) is 0. The van der Waals surface area contributed by atoms with Crippen molar-refractivity contribution in [3.05, 3.63) is 0 Å². The lowest BCUT2D eigenvalue weighted by molar-refractivity contribution is 0.223. The molecule has 16 heavy (non-hydrogen) atoms. The minimum Gasteiger partial charge on any atom is -0.309 e. The number of aliphatic imine (C=N–C) groups is 1. The van der Waals surface area contributed by atoms with Gasteiger partial charge in [0.25, 0.3) is 0 Å².